The highest BCUT2D eigenvalue weighted by molar-refractivity contribution is 6.04. The van der Waals surface area contributed by atoms with Gasteiger partial charge in [-0.1, -0.05) is 18.2 Å². The van der Waals surface area contributed by atoms with E-state index in [9.17, 15) is 14.4 Å². The number of rotatable bonds is 1. The van der Waals surface area contributed by atoms with Gasteiger partial charge in [0.1, 0.15) is 0 Å². The molecule has 1 aliphatic rings. The van der Waals surface area contributed by atoms with E-state index in [4.69, 9.17) is 5.26 Å². The molecule has 17 heavy (non-hydrogen) atoms. The summed E-state index contributed by atoms with van der Waals surface area (Å²) in [6.45, 7) is 0. The number of hydrogen-bond donors (Lipinski definition) is 1. The summed E-state index contributed by atoms with van der Waals surface area (Å²) in [5.74, 6) is -1.89. The van der Waals surface area contributed by atoms with Crippen LogP contribution in [-0.2, 0) is 19.2 Å². The van der Waals surface area contributed by atoms with Crippen LogP contribution in [0.3, 0.4) is 0 Å². The first-order valence-corrected chi connectivity index (χ1v) is 4.48. The van der Waals surface area contributed by atoms with Gasteiger partial charge in [-0.05, 0) is 12.1 Å². The molecular formula is C11H8O6. The maximum atomic E-state index is 10.5. The van der Waals surface area contributed by atoms with Crippen LogP contribution in [0, 0.1) is 0 Å². The number of cyclic esters (lactones) is 2. The molecule has 0 aliphatic carbocycles. The van der Waals surface area contributed by atoms with Crippen molar-refractivity contribution in [2.75, 3.05) is 0 Å². The zero-order valence-corrected chi connectivity index (χ0v) is 8.53. The van der Waals surface area contributed by atoms with E-state index < -0.39 is 17.9 Å². The van der Waals surface area contributed by atoms with Gasteiger partial charge in [0.15, 0.2) is 0 Å². The Morgan fingerprint density at radius 1 is 1.06 bits per heavy atom. The molecule has 6 heteroatoms. The zero-order valence-electron chi connectivity index (χ0n) is 8.53. The summed E-state index contributed by atoms with van der Waals surface area (Å²) in [5, 5.41) is 7.94. The van der Waals surface area contributed by atoms with E-state index in [-0.39, 0.29) is 0 Å². The summed E-state index contributed by atoms with van der Waals surface area (Å²) < 4.78 is 3.97. The molecule has 0 radical (unpaired) electrons. The van der Waals surface area contributed by atoms with Crippen molar-refractivity contribution < 1.29 is 29.3 Å². The molecule has 0 bridgehead atoms. The van der Waals surface area contributed by atoms with Crippen molar-refractivity contribution in [2.45, 2.75) is 0 Å². The Balaban J connectivity index is 0.000000181. The van der Waals surface area contributed by atoms with Crippen molar-refractivity contribution in [3.8, 4) is 0 Å². The molecule has 1 aromatic carbocycles. The molecule has 1 heterocycles. The molecule has 0 aromatic heterocycles. The van der Waals surface area contributed by atoms with E-state index in [1.807, 2.05) is 0 Å². The average molecular weight is 236 g/mol. The number of esters is 2. The molecule has 6 nitrogen and oxygen atoms in total. The van der Waals surface area contributed by atoms with E-state index in [0.29, 0.717) is 5.56 Å². The van der Waals surface area contributed by atoms with Crippen LogP contribution < -0.4 is 0 Å². The second kappa shape index (κ2) is 6.19. The number of carbonyl (C=O) groups is 3. The highest BCUT2D eigenvalue weighted by Crippen LogP contribution is 1.98. The first-order valence-electron chi connectivity index (χ1n) is 4.48. The molecule has 0 fully saturated rings. The zero-order chi connectivity index (χ0) is 12.7. The topological polar surface area (TPSA) is 89.9 Å². The number of benzene rings is 1. The fourth-order valence-electron chi connectivity index (χ4n) is 0.930. The fourth-order valence-corrected chi connectivity index (χ4v) is 0.930. The van der Waals surface area contributed by atoms with Crippen LogP contribution >= 0.6 is 0 Å². The van der Waals surface area contributed by atoms with Crippen LogP contribution in [0.2, 0.25) is 0 Å². The second-order valence-corrected chi connectivity index (χ2v) is 2.82. The fraction of sp³-hybridized carbons (Fsp3) is 0. The molecule has 0 saturated carbocycles. The number of hydrogen-bond acceptors (Lipinski definition) is 6. The van der Waals surface area contributed by atoms with Crippen LogP contribution in [-0.4, -0.2) is 23.2 Å². The smallest absolute Gasteiger partial charge is 0.372 e. The average Bonchev–Trinajstić information content (AvgIpc) is 2.74. The highest BCUT2D eigenvalue weighted by Gasteiger charge is 2.10. The summed E-state index contributed by atoms with van der Waals surface area (Å²) in [6.07, 6.45) is 2.17. The van der Waals surface area contributed by atoms with E-state index in [1.54, 1.807) is 30.3 Å². The lowest BCUT2D eigenvalue weighted by atomic mass is 10.2. The monoisotopic (exact) mass is 236 g/mol. The molecule has 0 unspecified atom stereocenters. The van der Waals surface area contributed by atoms with Gasteiger partial charge < -0.3 is 4.74 Å². The summed E-state index contributed by atoms with van der Waals surface area (Å²) in [7, 11) is 0. The number of ether oxygens (including phenoxy) is 1. The van der Waals surface area contributed by atoms with Crippen molar-refractivity contribution in [2.24, 2.45) is 0 Å². The number of carbonyl (C=O) groups excluding carboxylic acids is 3. The first-order chi connectivity index (χ1) is 8.13. The lowest BCUT2D eigenvalue weighted by Gasteiger charge is -1.92. The minimum Gasteiger partial charge on any atom is -0.387 e. The highest BCUT2D eigenvalue weighted by atomic mass is 17.1. The van der Waals surface area contributed by atoms with Gasteiger partial charge in [0.05, 0.1) is 5.56 Å². The molecule has 1 aromatic rings. The second-order valence-electron chi connectivity index (χ2n) is 2.82. The summed E-state index contributed by atoms with van der Waals surface area (Å²) in [4.78, 5) is 33.9. The molecule has 0 atom stereocenters. The van der Waals surface area contributed by atoms with Crippen LogP contribution in [0.15, 0.2) is 42.5 Å². The molecule has 1 aliphatic heterocycles. The van der Waals surface area contributed by atoms with Gasteiger partial charge in [-0.25, -0.2) is 14.4 Å². The Hall–Kier alpha value is -2.47. The summed E-state index contributed by atoms with van der Waals surface area (Å²) in [5.41, 5.74) is 0.338. The van der Waals surface area contributed by atoms with Crippen molar-refractivity contribution in [3.63, 3.8) is 0 Å². The van der Waals surface area contributed by atoms with Gasteiger partial charge in [0.25, 0.3) is 0 Å². The molecular weight excluding hydrogens is 228 g/mol. The Kier molecular flexibility index (Phi) is 4.58. The van der Waals surface area contributed by atoms with E-state index in [2.05, 4.69) is 9.62 Å². The van der Waals surface area contributed by atoms with Gasteiger partial charge >= 0.3 is 17.9 Å². The third kappa shape index (κ3) is 4.27. The Morgan fingerprint density at radius 3 is 1.94 bits per heavy atom. The third-order valence-electron chi connectivity index (χ3n) is 1.65. The molecule has 88 valence electrons. The van der Waals surface area contributed by atoms with E-state index in [0.717, 1.165) is 12.2 Å². The minimum absolute atomic E-state index is 0.338. The van der Waals surface area contributed by atoms with Crippen molar-refractivity contribution in [1.82, 2.24) is 0 Å². The summed E-state index contributed by atoms with van der Waals surface area (Å²) >= 11 is 0. The lowest BCUT2D eigenvalue weighted by molar-refractivity contribution is -0.182. The van der Waals surface area contributed by atoms with Crippen LogP contribution in [0.25, 0.3) is 0 Å². The SMILES string of the molecule is O=C(OO)c1ccccc1.O=C1C=CC(=O)O1. The van der Waals surface area contributed by atoms with Gasteiger partial charge in [0.2, 0.25) is 0 Å². The van der Waals surface area contributed by atoms with Crippen LogP contribution in [0.5, 0.6) is 0 Å². The predicted molar refractivity (Wildman–Crippen MR) is 54.7 cm³/mol. The summed E-state index contributed by atoms with van der Waals surface area (Å²) in [6, 6.07) is 8.25. The van der Waals surface area contributed by atoms with Gasteiger partial charge in [-0.2, -0.15) is 5.26 Å². The Bertz CT molecular complexity index is 432. The Morgan fingerprint density at radius 2 is 1.59 bits per heavy atom. The molecule has 0 spiro atoms. The van der Waals surface area contributed by atoms with Gasteiger partial charge in [-0.15, -0.1) is 0 Å². The standard InChI is InChI=1S/C7H6O3.C4H2O3/c8-7(10-9)6-4-2-1-3-5-6;5-3-1-2-4(6)7-3/h1-5,9H;1-2H. The quantitative estimate of drug-likeness (QED) is 0.338. The van der Waals surface area contributed by atoms with Crippen molar-refractivity contribution in [1.29, 1.82) is 0 Å². The normalized spacial score (nSPS) is 12.5. The van der Waals surface area contributed by atoms with E-state index >= 15 is 0 Å². The minimum atomic E-state index is -0.736. The maximum Gasteiger partial charge on any atom is 0.372 e. The van der Waals surface area contributed by atoms with Crippen LogP contribution in [0.4, 0.5) is 0 Å². The first kappa shape index (κ1) is 12.6. The largest absolute Gasteiger partial charge is 0.387 e. The Labute approximate surface area is 96.0 Å². The van der Waals surface area contributed by atoms with Gasteiger partial charge in [-0.3, -0.25) is 4.89 Å². The molecule has 0 amide bonds. The lowest BCUT2D eigenvalue weighted by Crippen LogP contribution is -2.00. The molecule has 1 N–H and O–H groups in total. The van der Waals surface area contributed by atoms with Crippen LogP contribution in [0.1, 0.15) is 10.4 Å². The van der Waals surface area contributed by atoms with Crippen molar-refractivity contribution >= 4 is 17.9 Å². The van der Waals surface area contributed by atoms with Gasteiger partial charge in [0, 0.05) is 12.2 Å². The molecule has 0 saturated heterocycles. The van der Waals surface area contributed by atoms with Crippen molar-refractivity contribution in [3.05, 3.63) is 48.0 Å². The van der Waals surface area contributed by atoms with E-state index in [1.165, 1.54) is 0 Å². The predicted octanol–water partition coefficient (Wildman–Crippen LogP) is 0.942. The molecule has 2 rings (SSSR count). The third-order valence-corrected chi connectivity index (χ3v) is 1.65. The maximum absolute atomic E-state index is 10.5.